The fourth-order valence-corrected chi connectivity index (χ4v) is 3.46. The number of anilines is 1. The van der Waals surface area contributed by atoms with Crippen molar-refractivity contribution in [3.8, 4) is 5.75 Å². The molecule has 0 radical (unpaired) electrons. The molecule has 1 aliphatic heterocycles. The van der Waals surface area contributed by atoms with Gasteiger partial charge in [0, 0.05) is 43.1 Å². The van der Waals surface area contributed by atoms with Crippen molar-refractivity contribution in [1.82, 2.24) is 9.88 Å². The molecule has 6 heteroatoms. The van der Waals surface area contributed by atoms with Gasteiger partial charge in [0.05, 0.1) is 5.69 Å². The monoisotopic (exact) mass is 337 g/mol. The van der Waals surface area contributed by atoms with E-state index in [1.165, 1.54) is 0 Å². The highest BCUT2D eigenvalue weighted by atomic mass is 35.5. The Morgan fingerprint density at radius 2 is 1.91 bits per heavy atom. The molecule has 0 bridgehead atoms. The summed E-state index contributed by atoms with van der Waals surface area (Å²) in [5, 5.41) is 4.00. The molecular weight excluding hydrogens is 318 g/mol. The second-order valence-electron chi connectivity index (χ2n) is 5.40. The Hall–Kier alpha value is -1.30. The van der Waals surface area contributed by atoms with Crippen molar-refractivity contribution in [3.05, 3.63) is 40.4 Å². The molecule has 0 unspecified atom stereocenters. The molecule has 0 atom stereocenters. The minimum atomic E-state index is 0.706. The average Bonchev–Trinajstić information content (AvgIpc) is 2.97. The maximum atomic E-state index is 5.86. The Bertz CT molecular complexity index is 594. The molecule has 1 aromatic heterocycles. The zero-order valence-electron chi connectivity index (χ0n) is 12.7. The molecule has 0 N–H and O–H groups in total. The lowest BCUT2D eigenvalue weighted by molar-refractivity contribution is 0.200. The van der Waals surface area contributed by atoms with E-state index in [-0.39, 0.29) is 0 Å². The standard InChI is InChI=1S/C16H20ClN3OS/c1-13-12-22-16(18-13)20-8-6-19(7-9-20)10-11-21-15-4-2-14(17)3-5-15/h2-5,12H,6-11H2,1H3. The number of aromatic nitrogens is 1. The van der Waals surface area contributed by atoms with Gasteiger partial charge in [-0.3, -0.25) is 4.90 Å². The van der Waals surface area contributed by atoms with Gasteiger partial charge in [0.2, 0.25) is 0 Å². The van der Waals surface area contributed by atoms with Crippen LogP contribution in [0.3, 0.4) is 0 Å². The van der Waals surface area contributed by atoms with Crippen LogP contribution in [0.1, 0.15) is 5.69 Å². The molecule has 3 rings (SSSR count). The molecule has 118 valence electrons. The van der Waals surface area contributed by atoms with Crippen molar-refractivity contribution in [2.75, 3.05) is 44.2 Å². The maximum absolute atomic E-state index is 5.86. The van der Waals surface area contributed by atoms with E-state index in [2.05, 4.69) is 20.2 Å². The molecule has 2 aromatic rings. The number of nitrogens with zero attached hydrogens (tertiary/aromatic N) is 3. The molecule has 22 heavy (non-hydrogen) atoms. The number of benzene rings is 1. The zero-order valence-corrected chi connectivity index (χ0v) is 14.2. The molecular formula is C16H20ClN3OS. The van der Waals surface area contributed by atoms with E-state index in [1.807, 2.05) is 31.2 Å². The molecule has 0 saturated carbocycles. The summed E-state index contributed by atoms with van der Waals surface area (Å²) in [6.45, 7) is 7.89. The van der Waals surface area contributed by atoms with E-state index in [9.17, 15) is 0 Å². The first-order valence-corrected chi connectivity index (χ1v) is 8.74. The van der Waals surface area contributed by atoms with E-state index >= 15 is 0 Å². The van der Waals surface area contributed by atoms with Gasteiger partial charge >= 0.3 is 0 Å². The highest BCUT2D eigenvalue weighted by molar-refractivity contribution is 7.13. The van der Waals surface area contributed by atoms with Gasteiger partial charge in [-0.2, -0.15) is 0 Å². The minimum absolute atomic E-state index is 0.706. The summed E-state index contributed by atoms with van der Waals surface area (Å²) in [5.41, 5.74) is 1.11. The van der Waals surface area contributed by atoms with E-state index < -0.39 is 0 Å². The average molecular weight is 338 g/mol. The third kappa shape index (κ3) is 4.12. The number of thiazole rings is 1. The fraction of sp³-hybridized carbons (Fsp3) is 0.438. The van der Waals surface area contributed by atoms with Crippen LogP contribution in [-0.4, -0.2) is 49.2 Å². The summed E-state index contributed by atoms with van der Waals surface area (Å²) in [5.74, 6) is 0.876. The van der Waals surface area contributed by atoms with Crippen LogP contribution in [0.25, 0.3) is 0 Å². The first-order valence-electron chi connectivity index (χ1n) is 7.48. The summed E-state index contributed by atoms with van der Waals surface area (Å²) in [6.07, 6.45) is 0. The SMILES string of the molecule is Cc1csc(N2CCN(CCOc3ccc(Cl)cc3)CC2)n1. The van der Waals surface area contributed by atoms with Gasteiger partial charge < -0.3 is 9.64 Å². The van der Waals surface area contributed by atoms with Crippen LogP contribution in [0.2, 0.25) is 5.02 Å². The van der Waals surface area contributed by atoms with E-state index in [1.54, 1.807) is 11.3 Å². The van der Waals surface area contributed by atoms with Crippen molar-refractivity contribution in [1.29, 1.82) is 0 Å². The van der Waals surface area contributed by atoms with Crippen molar-refractivity contribution in [2.24, 2.45) is 0 Å². The van der Waals surface area contributed by atoms with Crippen LogP contribution >= 0.6 is 22.9 Å². The summed E-state index contributed by atoms with van der Waals surface area (Å²) >= 11 is 7.59. The molecule has 0 spiro atoms. The number of piperazine rings is 1. The predicted octanol–water partition coefficient (Wildman–Crippen LogP) is 3.31. The van der Waals surface area contributed by atoms with Crippen LogP contribution in [0.4, 0.5) is 5.13 Å². The number of ether oxygens (including phenoxy) is 1. The van der Waals surface area contributed by atoms with Crippen LogP contribution < -0.4 is 9.64 Å². The van der Waals surface area contributed by atoms with E-state index in [0.29, 0.717) is 6.61 Å². The van der Waals surface area contributed by atoms with Crippen molar-refractivity contribution in [3.63, 3.8) is 0 Å². The normalized spacial score (nSPS) is 16.0. The third-order valence-corrected chi connectivity index (χ3v) is 5.01. The zero-order chi connectivity index (χ0) is 15.4. The molecule has 1 aliphatic rings. The van der Waals surface area contributed by atoms with E-state index in [0.717, 1.165) is 54.3 Å². The highest BCUT2D eigenvalue weighted by Gasteiger charge is 2.18. The van der Waals surface area contributed by atoms with Gasteiger partial charge in [0.25, 0.3) is 0 Å². The topological polar surface area (TPSA) is 28.6 Å². The predicted molar refractivity (Wildman–Crippen MR) is 92.5 cm³/mol. The quantitative estimate of drug-likeness (QED) is 0.837. The van der Waals surface area contributed by atoms with Crippen molar-refractivity contribution >= 4 is 28.1 Å². The minimum Gasteiger partial charge on any atom is -0.492 e. The lowest BCUT2D eigenvalue weighted by atomic mass is 10.3. The molecule has 1 fully saturated rings. The lowest BCUT2D eigenvalue weighted by Crippen LogP contribution is -2.47. The first-order chi connectivity index (χ1) is 10.7. The molecule has 4 nitrogen and oxygen atoms in total. The molecule has 1 saturated heterocycles. The summed E-state index contributed by atoms with van der Waals surface area (Å²) in [6, 6.07) is 7.52. The second-order valence-corrected chi connectivity index (χ2v) is 6.68. The molecule has 0 amide bonds. The maximum Gasteiger partial charge on any atom is 0.185 e. The lowest BCUT2D eigenvalue weighted by Gasteiger charge is -2.34. The van der Waals surface area contributed by atoms with Gasteiger partial charge in [-0.05, 0) is 31.2 Å². The van der Waals surface area contributed by atoms with Crippen molar-refractivity contribution in [2.45, 2.75) is 6.92 Å². The Labute approximate surface area is 140 Å². The van der Waals surface area contributed by atoms with Crippen LogP contribution in [0.15, 0.2) is 29.6 Å². The largest absolute Gasteiger partial charge is 0.492 e. The third-order valence-electron chi connectivity index (χ3n) is 3.74. The summed E-state index contributed by atoms with van der Waals surface area (Å²) in [7, 11) is 0. The molecule has 0 aliphatic carbocycles. The Morgan fingerprint density at radius 3 is 2.55 bits per heavy atom. The van der Waals surface area contributed by atoms with Gasteiger partial charge in [-0.25, -0.2) is 4.98 Å². The van der Waals surface area contributed by atoms with Gasteiger partial charge in [-0.1, -0.05) is 11.6 Å². The smallest absolute Gasteiger partial charge is 0.185 e. The highest BCUT2D eigenvalue weighted by Crippen LogP contribution is 2.21. The molecule has 1 aromatic carbocycles. The van der Waals surface area contributed by atoms with Crippen molar-refractivity contribution < 1.29 is 4.74 Å². The Balaban J connectivity index is 1.39. The summed E-state index contributed by atoms with van der Waals surface area (Å²) in [4.78, 5) is 9.37. The molecule has 2 heterocycles. The first kappa shape index (κ1) is 15.6. The Morgan fingerprint density at radius 1 is 1.18 bits per heavy atom. The number of halogens is 1. The van der Waals surface area contributed by atoms with Gasteiger partial charge in [0.1, 0.15) is 12.4 Å². The van der Waals surface area contributed by atoms with E-state index in [4.69, 9.17) is 16.3 Å². The van der Waals surface area contributed by atoms with Gasteiger partial charge in [0.15, 0.2) is 5.13 Å². The van der Waals surface area contributed by atoms with Crippen LogP contribution in [0.5, 0.6) is 5.75 Å². The second kappa shape index (κ2) is 7.31. The number of rotatable bonds is 5. The number of hydrogen-bond acceptors (Lipinski definition) is 5. The number of aryl methyl sites for hydroxylation is 1. The fourth-order valence-electron chi connectivity index (χ4n) is 2.47. The number of hydrogen-bond donors (Lipinski definition) is 0. The summed E-state index contributed by atoms with van der Waals surface area (Å²) < 4.78 is 5.75. The van der Waals surface area contributed by atoms with Crippen LogP contribution in [-0.2, 0) is 0 Å². The van der Waals surface area contributed by atoms with Gasteiger partial charge in [-0.15, -0.1) is 11.3 Å². The Kier molecular flexibility index (Phi) is 5.18. The van der Waals surface area contributed by atoms with Crippen LogP contribution in [0, 0.1) is 6.92 Å².